The number of nitrogens with zero attached hydrogens (tertiary/aromatic N) is 5. The molecule has 1 aliphatic rings. The lowest BCUT2D eigenvalue weighted by Crippen LogP contribution is -2.24. The van der Waals surface area contributed by atoms with Gasteiger partial charge in [0.2, 0.25) is 5.91 Å². The van der Waals surface area contributed by atoms with Crippen LogP contribution in [0.25, 0.3) is 11.6 Å². The molecule has 0 radical (unpaired) electrons. The molecule has 24 heavy (non-hydrogen) atoms. The molecule has 1 amide bonds. The van der Waals surface area contributed by atoms with Crippen molar-refractivity contribution in [3.8, 4) is 11.6 Å². The van der Waals surface area contributed by atoms with Crippen LogP contribution in [0.5, 0.6) is 0 Å². The van der Waals surface area contributed by atoms with Crippen molar-refractivity contribution in [1.82, 2.24) is 20.1 Å². The number of aromatic nitrogens is 4. The number of hydrogen-bond donors (Lipinski definition) is 0. The summed E-state index contributed by atoms with van der Waals surface area (Å²) in [5, 5.41) is 4.02. The van der Waals surface area contributed by atoms with E-state index in [1.165, 1.54) is 0 Å². The Balaban J connectivity index is 1.55. The minimum Gasteiger partial charge on any atom is -0.332 e. The van der Waals surface area contributed by atoms with Crippen molar-refractivity contribution in [2.45, 2.75) is 19.3 Å². The molecule has 2 aromatic heterocycles. The Morgan fingerprint density at radius 1 is 1.21 bits per heavy atom. The van der Waals surface area contributed by atoms with Gasteiger partial charge >= 0.3 is 0 Å². The number of benzene rings is 1. The highest BCUT2D eigenvalue weighted by Gasteiger charge is 2.34. The average Bonchev–Trinajstić information content (AvgIpc) is 3.23. The molecular weight excluding hydrogens is 306 g/mol. The second kappa shape index (κ2) is 5.84. The van der Waals surface area contributed by atoms with Crippen molar-refractivity contribution in [3.63, 3.8) is 0 Å². The van der Waals surface area contributed by atoms with E-state index in [1.807, 2.05) is 31.2 Å². The highest BCUT2D eigenvalue weighted by atomic mass is 16.5. The molecule has 0 saturated carbocycles. The van der Waals surface area contributed by atoms with E-state index in [2.05, 4.69) is 20.1 Å². The largest absolute Gasteiger partial charge is 0.332 e. The first-order chi connectivity index (χ1) is 11.7. The Kier molecular flexibility index (Phi) is 3.53. The van der Waals surface area contributed by atoms with Crippen molar-refractivity contribution >= 4 is 11.6 Å². The van der Waals surface area contributed by atoms with Crippen LogP contribution in [0.2, 0.25) is 0 Å². The number of carbonyl (C=O) groups is 1. The molecule has 1 atom stereocenters. The van der Waals surface area contributed by atoms with Gasteiger partial charge in [-0.05, 0) is 19.1 Å². The predicted molar refractivity (Wildman–Crippen MR) is 86.2 cm³/mol. The SMILES string of the molecule is Cc1ccc(N2C[C@H](c3noc(-c4cnccn4)n3)CC2=O)cc1. The molecular formula is C17H15N5O2. The number of hydrogen-bond acceptors (Lipinski definition) is 6. The van der Waals surface area contributed by atoms with E-state index in [9.17, 15) is 4.79 Å². The number of anilines is 1. The zero-order chi connectivity index (χ0) is 16.5. The van der Waals surface area contributed by atoms with Gasteiger partial charge < -0.3 is 9.42 Å². The fraction of sp³-hybridized carbons (Fsp3) is 0.235. The van der Waals surface area contributed by atoms with Crippen molar-refractivity contribution in [1.29, 1.82) is 0 Å². The molecule has 1 aromatic carbocycles. The first kappa shape index (κ1) is 14.5. The average molecular weight is 321 g/mol. The van der Waals surface area contributed by atoms with Gasteiger partial charge in [0.05, 0.1) is 6.20 Å². The van der Waals surface area contributed by atoms with E-state index < -0.39 is 0 Å². The Hall–Kier alpha value is -3.09. The molecule has 0 unspecified atom stereocenters. The Labute approximate surface area is 138 Å². The maximum absolute atomic E-state index is 12.3. The Morgan fingerprint density at radius 3 is 2.79 bits per heavy atom. The summed E-state index contributed by atoms with van der Waals surface area (Å²) in [5.41, 5.74) is 2.58. The van der Waals surface area contributed by atoms with E-state index in [-0.39, 0.29) is 11.8 Å². The van der Waals surface area contributed by atoms with E-state index in [4.69, 9.17) is 4.52 Å². The van der Waals surface area contributed by atoms with Gasteiger partial charge in [-0.15, -0.1) is 0 Å². The predicted octanol–water partition coefficient (Wildman–Crippen LogP) is 2.36. The molecule has 0 aliphatic carbocycles. The Bertz CT molecular complexity index is 860. The lowest BCUT2D eigenvalue weighted by molar-refractivity contribution is -0.117. The molecule has 1 fully saturated rings. The summed E-state index contributed by atoms with van der Waals surface area (Å²) in [6.45, 7) is 2.56. The molecule has 0 bridgehead atoms. The number of aryl methyl sites for hydroxylation is 1. The van der Waals surface area contributed by atoms with Crippen LogP contribution in [-0.2, 0) is 4.79 Å². The summed E-state index contributed by atoms with van der Waals surface area (Å²) in [6.07, 6.45) is 5.08. The highest BCUT2D eigenvalue weighted by Crippen LogP contribution is 2.31. The maximum atomic E-state index is 12.3. The fourth-order valence-electron chi connectivity index (χ4n) is 2.77. The lowest BCUT2D eigenvalue weighted by atomic mass is 10.1. The molecule has 7 nitrogen and oxygen atoms in total. The van der Waals surface area contributed by atoms with Gasteiger partial charge in [0.25, 0.3) is 5.89 Å². The van der Waals surface area contributed by atoms with Gasteiger partial charge in [-0.1, -0.05) is 22.9 Å². The van der Waals surface area contributed by atoms with E-state index in [0.29, 0.717) is 30.4 Å². The second-order valence-corrected chi connectivity index (χ2v) is 5.79. The number of amides is 1. The third kappa shape index (κ3) is 2.64. The van der Waals surface area contributed by atoms with Crippen LogP contribution in [0.1, 0.15) is 23.7 Å². The summed E-state index contributed by atoms with van der Waals surface area (Å²) >= 11 is 0. The summed E-state index contributed by atoms with van der Waals surface area (Å²) in [4.78, 5) is 26.6. The molecule has 120 valence electrons. The van der Waals surface area contributed by atoms with Crippen LogP contribution in [0.15, 0.2) is 47.4 Å². The highest BCUT2D eigenvalue weighted by molar-refractivity contribution is 5.96. The van der Waals surface area contributed by atoms with E-state index in [0.717, 1.165) is 11.3 Å². The van der Waals surface area contributed by atoms with Gasteiger partial charge in [-0.3, -0.25) is 9.78 Å². The molecule has 1 saturated heterocycles. The van der Waals surface area contributed by atoms with Crippen molar-refractivity contribution in [3.05, 3.63) is 54.2 Å². The number of carbonyl (C=O) groups excluding carboxylic acids is 1. The van der Waals surface area contributed by atoms with Crippen LogP contribution in [-0.4, -0.2) is 32.6 Å². The summed E-state index contributed by atoms with van der Waals surface area (Å²) < 4.78 is 5.26. The summed E-state index contributed by atoms with van der Waals surface area (Å²) in [7, 11) is 0. The van der Waals surface area contributed by atoms with Gasteiger partial charge in [-0.2, -0.15) is 4.98 Å². The van der Waals surface area contributed by atoms with Crippen LogP contribution in [0.3, 0.4) is 0 Å². The molecule has 3 heterocycles. The maximum Gasteiger partial charge on any atom is 0.278 e. The third-order valence-electron chi connectivity index (χ3n) is 4.06. The van der Waals surface area contributed by atoms with Crippen molar-refractivity contribution in [2.24, 2.45) is 0 Å². The van der Waals surface area contributed by atoms with Crippen LogP contribution >= 0.6 is 0 Å². The zero-order valence-corrected chi connectivity index (χ0v) is 13.1. The standard InChI is InChI=1S/C17H15N5O2/c1-11-2-4-13(5-3-11)22-10-12(8-15(22)23)16-20-17(24-21-16)14-9-18-6-7-19-14/h2-7,9,12H,8,10H2,1H3/t12-/m1/s1. The summed E-state index contributed by atoms with van der Waals surface area (Å²) in [6, 6.07) is 7.90. The molecule has 0 N–H and O–H groups in total. The molecule has 7 heteroatoms. The van der Waals surface area contributed by atoms with Gasteiger partial charge in [0.1, 0.15) is 5.69 Å². The lowest BCUT2D eigenvalue weighted by Gasteiger charge is -2.16. The van der Waals surface area contributed by atoms with Crippen LogP contribution in [0, 0.1) is 6.92 Å². The molecule has 3 aromatic rings. The minimum atomic E-state index is -0.0898. The third-order valence-corrected chi connectivity index (χ3v) is 4.06. The van der Waals surface area contributed by atoms with E-state index >= 15 is 0 Å². The summed E-state index contributed by atoms with van der Waals surface area (Å²) in [5.74, 6) is 0.820. The smallest absolute Gasteiger partial charge is 0.278 e. The zero-order valence-electron chi connectivity index (χ0n) is 13.1. The van der Waals surface area contributed by atoms with Crippen LogP contribution < -0.4 is 4.90 Å². The van der Waals surface area contributed by atoms with Crippen LogP contribution in [0.4, 0.5) is 5.69 Å². The Morgan fingerprint density at radius 2 is 2.04 bits per heavy atom. The monoisotopic (exact) mass is 321 g/mol. The van der Waals surface area contributed by atoms with Gasteiger partial charge in [-0.25, -0.2) is 4.98 Å². The first-order valence-electron chi connectivity index (χ1n) is 7.68. The topological polar surface area (TPSA) is 85.0 Å². The normalized spacial score (nSPS) is 17.5. The van der Waals surface area contributed by atoms with Gasteiger partial charge in [0, 0.05) is 37.0 Å². The van der Waals surface area contributed by atoms with Gasteiger partial charge in [0.15, 0.2) is 5.82 Å². The second-order valence-electron chi connectivity index (χ2n) is 5.79. The quantitative estimate of drug-likeness (QED) is 0.736. The van der Waals surface area contributed by atoms with Crippen molar-refractivity contribution in [2.75, 3.05) is 11.4 Å². The number of rotatable bonds is 3. The molecule has 4 rings (SSSR count). The van der Waals surface area contributed by atoms with E-state index in [1.54, 1.807) is 23.5 Å². The first-order valence-corrected chi connectivity index (χ1v) is 7.68. The fourth-order valence-corrected chi connectivity index (χ4v) is 2.77. The molecule has 1 aliphatic heterocycles. The minimum absolute atomic E-state index is 0.0645. The molecule has 0 spiro atoms. The van der Waals surface area contributed by atoms with Crippen molar-refractivity contribution < 1.29 is 9.32 Å².